The average Bonchev–Trinajstić information content (AvgIpc) is 2.69. The Labute approximate surface area is 166 Å². The molecule has 2 amide bonds. The molecule has 2 saturated carbocycles. The minimum Gasteiger partial charge on any atom is -0.349 e. The fourth-order valence-corrected chi connectivity index (χ4v) is 4.21. The fourth-order valence-electron chi connectivity index (χ4n) is 3.99. The van der Waals surface area contributed by atoms with E-state index in [4.69, 9.17) is 12.2 Å². The molecule has 0 spiro atoms. The number of carbonyl (C=O) groups excluding carboxylic acids is 2. The second-order valence-electron chi connectivity index (χ2n) is 7.67. The van der Waals surface area contributed by atoms with E-state index in [9.17, 15) is 9.59 Å². The van der Waals surface area contributed by atoms with Crippen molar-refractivity contribution < 1.29 is 9.59 Å². The van der Waals surface area contributed by atoms with Gasteiger partial charge in [-0.15, -0.1) is 0 Å². The highest BCUT2D eigenvalue weighted by Crippen LogP contribution is 2.23. The first kappa shape index (κ1) is 19.8. The van der Waals surface area contributed by atoms with Crippen LogP contribution in [0.2, 0.25) is 0 Å². The van der Waals surface area contributed by atoms with Crippen molar-refractivity contribution in [2.45, 2.75) is 70.3 Å². The van der Waals surface area contributed by atoms with Crippen molar-refractivity contribution in [1.82, 2.24) is 10.6 Å². The zero-order valence-corrected chi connectivity index (χ0v) is 16.6. The molecule has 3 rings (SSSR count). The number of carbonyl (C=O) groups is 2. The standard InChI is InChI=1S/C21H29N3O2S/c25-19(15-8-3-1-4-9-15)24-21(27)23-18-13-7-10-16(14-18)20(26)22-17-11-5-2-6-12-17/h7,10,13-15,17H,1-6,8-9,11-12H2,(H,22,26)(H2,23,24,25,27). The topological polar surface area (TPSA) is 70.2 Å². The highest BCUT2D eigenvalue weighted by Gasteiger charge is 2.22. The Morgan fingerprint density at radius 3 is 2.30 bits per heavy atom. The second kappa shape index (κ2) is 9.83. The van der Waals surface area contributed by atoms with E-state index in [0.29, 0.717) is 11.3 Å². The van der Waals surface area contributed by atoms with Crippen LogP contribution in [0, 0.1) is 5.92 Å². The molecule has 0 aliphatic heterocycles. The monoisotopic (exact) mass is 387 g/mol. The molecule has 2 aliphatic rings. The van der Waals surface area contributed by atoms with Crippen LogP contribution in [0.25, 0.3) is 0 Å². The summed E-state index contributed by atoms with van der Waals surface area (Å²) in [5.74, 6) is 0.00668. The van der Waals surface area contributed by atoms with Gasteiger partial charge in [0.15, 0.2) is 5.11 Å². The third kappa shape index (κ3) is 6.03. The van der Waals surface area contributed by atoms with Gasteiger partial charge in [-0.25, -0.2) is 0 Å². The van der Waals surface area contributed by atoms with Crippen molar-refractivity contribution in [2.24, 2.45) is 5.92 Å². The smallest absolute Gasteiger partial charge is 0.251 e. The summed E-state index contributed by atoms with van der Waals surface area (Å²) in [6.45, 7) is 0. The van der Waals surface area contributed by atoms with Gasteiger partial charge in [0.2, 0.25) is 5.91 Å². The molecule has 2 aliphatic carbocycles. The van der Waals surface area contributed by atoms with Crippen LogP contribution in [0.1, 0.15) is 74.6 Å². The number of anilines is 1. The first-order valence-corrected chi connectivity index (χ1v) is 10.6. The van der Waals surface area contributed by atoms with E-state index < -0.39 is 0 Å². The molecule has 0 unspecified atom stereocenters. The third-order valence-electron chi connectivity index (χ3n) is 5.54. The van der Waals surface area contributed by atoms with Crippen LogP contribution < -0.4 is 16.0 Å². The quantitative estimate of drug-likeness (QED) is 0.679. The first-order chi connectivity index (χ1) is 13.1. The van der Waals surface area contributed by atoms with Crippen LogP contribution >= 0.6 is 12.2 Å². The van der Waals surface area contributed by atoms with Gasteiger partial charge in [-0.05, 0) is 56.1 Å². The number of hydrogen-bond donors (Lipinski definition) is 3. The van der Waals surface area contributed by atoms with E-state index in [0.717, 1.165) is 38.5 Å². The largest absolute Gasteiger partial charge is 0.349 e. The minimum atomic E-state index is -0.0530. The molecule has 6 heteroatoms. The van der Waals surface area contributed by atoms with Gasteiger partial charge in [0.05, 0.1) is 0 Å². The lowest BCUT2D eigenvalue weighted by Gasteiger charge is -2.23. The molecule has 1 aromatic carbocycles. The van der Waals surface area contributed by atoms with E-state index >= 15 is 0 Å². The first-order valence-electron chi connectivity index (χ1n) is 10.1. The zero-order valence-electron chi connectivity index (χ0n) is 15.8. The summed E-state index contributed by atoms with van der Waals surface area (Å²) in [5, 5.41) is 9.23. The van der Waals surface area contributed by atoms with Gasteiger partial charge in [-0.1, -0.05) is 44.6 Å². The van der Waals surface area contributed by atoms with Gasteiger partial charge in [0.1, 0.15) is 0 Å². The molecule has 1 aromatic rings. The lowest BCUT2D eigenvalue weighted by atomic mass is 9.89. The minimum absolute atomic E-state index is 0.00149. The molecule has 0 atom stereocenters. The summed E-state index contributed by atoms with van der Waals surface area (Å²) < 4.78 is 0. The third-order valence-corrected chi connectivity index (χ3v) is 5.74. The average molecular weight is 388 g/mol. The molecule has 0 heterocycles. The Bertz CT molecular complexity index is 680. The molecule has 146 valence electrons. The van der Waals surface area contributed by atoms with Gasteiger partial charge in [-0.2, -0.15) is 0 Å². The van der Waals surface area contributed by atoms with Gasteiger partial charge >= 0.3 is 0 Å². The Kier molecular flexibility index (Phi) is 7.21. The predicted molar refractivity (Wildman–Crippen MR) is 112 cm³/mol. The summed E-state index contributed by atoms with van der Waals surface area (Å²) in [4.78, 5) is 24.8. The van der Waals surface area contributed by atoms with E-state index in [1.807, 2.05) is 12.1 Å². The van der Waals surface area contributed by atoms with Crippen molar-refractivity contribution in [3.8, 4) is 0 Å². The van der Waals surface area contributed by atoms with Crippen molar-refractivity contribution in [1.29, 1.82) is 0 Å². The zero-order chi connectivity index (χ0) is 19.1. The van der Waals surface area contributed by atoms with Crippen molar-refractivity contribution in [2.75, 3.05) is 5.32 Å². The molecule has 0 aromatic heterocycles. The normalized spacial score (nSPS) is 18.5. The summed E-state index contributed by atoms with van der Waals surface area (Å²) in [7, 11) is 0. The maximum Gasteiger partial charge on any atom is 0.251 e. The number of hydrogen-bond acceptors (Lipinski definition) is 3. The number of rotatable bonds is 4. The van der Waals surface area contributed by atoms with Crippen LogP contribution in [0.15, 0.2) is 24.3 Å². The molecular formula is C21H29N3O2S. The number of thiocarbonyl (C=S) groups is 1. The van der Waals surface area contributed by atoms with Crippen LogP contribution in [0.3, 0.4) is 0 Å². The molecule has 0 radical (unpaired) electrons. The Balaban J connectivity index is 1.52. The lowest BCUT2D eigenvalue weighted by molar-refractivity contribution is -0.124. The Morgan fingerprint density at radius 2 is 1.59 bits per heavy atom. The molecule has 0 saturated heterocycles. The highest BCUT2D eigenvalue weighted by atomic mass is 32.1. The van der Waals surface area contributed by atoms with Crippen molar-refractivity contribution in [3.05, 3.63) is 29.8 Å². The second-order valence-corrected chi connectivity index (χ2v) is 8.08. The van der Waals surface area contributed by atoms with Gasteiger partial charge in [-0.3, -0.25) is 9.59 Å². The predicted octanol–water partition coefficient (Wildman–Crippen LogP) is 4.14. The van der Waals surface area contributed by atoms with E-state index in [-0.39, 0.29) is 28.9 Å². The maximum atomic E-state index is 12.5. The summed E-state index contributed by atoms with van der Waals surface area (Å²) in [6, 6.07) is 7.52. The summed E-state index contributed by atoms with van der Waals surface area (Å²) in [6.07, 6.45) is 11.0. The van der Waals surface area contributed by atoms with E-state index in [1.54, 1.807) is 12.1 Å². The molecule has 5 nitrogen and oxygen atoms in total. The van der Waals surface area contributed by atoms with Crippen LogP contribution in [-0.4, -0.2) is 23.0 Å². The highest BCUT2D eigenvalue weighted by molar-refractivity contribution is 7.80. The number of benzene rings is 1. The Hall–Kier alpha value is -1.95. The van der Waals surface area contributed by atoms with Crippen molar-refractivity contribution >= 4 is 34.8 Å². The number of amides is 2. The Morgan fingerprint density at radius 1 is 0.926 bits per heavy atom. The molecule has 0 bridgehead atoms. The molecule has 27 heavy (non-hydrogen) atoms. The lowest BCUT2D eigenvalue weighted by Crippen LogP contribution is -2.39. The van der Waals surface area contributed by atoms with Crippen molar-refractivity contribution in [3.63, 3.8) is 0 Å². The van der Waals surface area contributed by atoms with Gasteiger partial charge in [0, 0.05) is 23.2 Å². The van der Waals surface area contributed by atoms with Crippen LogP contribution in [0.5, 0.6) is 0 Å². The fraction of sp³-hybridized carbons (Fsp3) is 0.571. The van der Waals surface area contributed by atoms with E-state index in [2.05, 4.69) is 16.0 Å². The number of nitrogens with one attached hydrogen (secondary N) is 3. The molecule has 3 N–H and O–H groups in total. The molecule has 2 fully saturated rings. The van der Waals surface area contributed by atoms with E-state index in [1.165, 1.54) is 25.7 Å². The van der Waals surface area contributed by atoms with Crippen LogP contribution in [-0.2, 0) is 4.79 Å². The maximum absolute atomic E-state index is 12.5. The van der Waals surface area contributed by atoms with Crippen LogP contribution in [0.4, 0.5) is 5.69 Å². The SMILES string of the molecule is O=C(NC1CCCCC1)c1cccc(NC(=S)NC(=O)C2CCCCC2)c1. The molecular weight excluding hydrogens is 358 g/mol. The van der Waals surface area contributed by atoms with Gasteiger partial charge in [0.25, 0.3) is 5.91 Å². The summed E-state index contributed by atoms with van der Waals surface area (Å²) >= 11 is 5.28. The van der Waals surface area contributed by atoms with Gasteiger partial charge < -0.3 is 16.0 Å². The summed E-state index contributed by atoms with van der Waals surface area (Å²) in [5.41, 5.74) is 1.31.